The zero-order valence-corrected chi connectivity index (χ0v) is 42.2. The summed E-state index contributed by atoms with van der Waals surface area (Å²) in [6, 6.07) is 98.8. The smallest absolute Gasteiger partial charge is 0.141 e. The molecule has 370 valence electrons. The van der Waals surface area contributed by atoms with Crippen LogP contribution in [-0.2, 0) is 0 Å². The molecule has 0 atom stereocenters. The second kappa shape index (κ2) is 19.7. The molecule has 0 radical (unpaired) electrons. The highest BCUT2D eigenvalue weighted by Gasteiger charge is 2.30. The van der Waals surface area contributed by atoms with Gasteiger partial charge in [0.25, 0.3) is 0 Å². The van der Waals surface area contributed by atoms with Crippen LogP contribution in [0.1, 0.15) is 0 Å². The minimum absolute atomic E-state index is 0.345. The van der Waals surface area contributed by atoms with E-state index in [4.69, 9.17) is 9.47 Å². The van der Waals surface area contributed by atoms with E-state index in [2.05, 4.69) is 178 Å². The summed E-state index contributed by atoms with van der Waals surface area (Å²) in [6.45, 7) is 0. The van der Waals surface area contributed by atoms with E-state index in [-0.39, 0.29) is 5.82 Å². The molecule has 2 aromatic heterocycles. The Kier molecular flexibility index (Phi) is 11.6. The van der Waals surface area contributed by atoms with Crippen molar-refractivity contribution in [2.45, 2.75) is 0 Å². The molecule has 14 rings (SSSR count). The van der Waals surface area contributed by atoms with E-state index in [0.717, 1.165) is 89.1 Å². The van der Waals surface area contributed by atoms with Crippen LogP contribution < -0.4 is 14.4 Å². The summed E-state index contributed by atoms with van der Waals surface area (Å²) in [5.74, 6) is 2.28. The molecule has 0 fully saturated rings. The molecule has 0 amide bonds. The molecule has 5 nitrogen and oxygen atoms in total. The zero-order chi connectivity index (χ0) is 51.9. The van der Waals surface area contributed by atoms with Crippen LogP contribution in [0.4, 0.5) is 21.5 Å². The molecule has 0 saturated heterocycles. The van der Waals surface area contributed by atoms with E-state index in [0.29, 0.717) is 39.3 Å². The minimum atomic E-state index is -0.345. The Morgan fingerprint density at radius 3 is 1.08 bits per heavy atom. The summed E-state index contributed by atoms with van der Waals surface area (Å²) >= 11 is 0. The number of ether oxygens (including phenoxy) is 2. The van der Waals surface area contributed by atoms with Gasteiger partial charge in [-0.1, -0.05) is 170 Å². The summed E-state index contributed by atoms with van der Waals surface area (Å²) < 4.78 is 37.2. The number of anilines is 3. The maximum Gasteiger partial charge on any atom is 0.141 e. The first kappa shape index (κ1) is 46.1. The Morgan fingerprint density at radius 2 is 0.641 bits per heavy atom. The molecule has 0 bridgehead atoms. The maximum absolute atomic E-state index is 19.5. The molecule has 0 saturated carbocycles. The molecular weight excluding hydrogens is 958 g/mol. The first-order valence-corrected chi connectivity index (χ1v) is 26.2. The van der Waals surface area contributed by atoms with Gasteiger partial charge in [0.05, 0.1) is 22.1 Å². The monoisotopic (exact) mass is 1010 g/mol. The molecule has 14 aromatic rings. The highest BCUT2D eigenvalue weighted by Crippen LogP contribution is 2.50. The summed E-state index contributed by atoms with van der Waals surface area (Å²) in [5.41, 5.74) is 13.7. The molecule has 78 heavy (non-hydrogen) atoms. The topological polar surface area (TPSA) is 31.6 Å². The van der Waals surface area contributed by atoms with Crippen LogP contribution in [0.2, 0.25) is 0 Å². The predicted molar refractivity (Wildman–Crippen MR) is 319 cm³/mol. The standard InChI is InChI=1S/C72H48FN3O2/c73-70-67(53-35-41-56(42-36-53)74(54-23-11-3-12-24-54)55-25-13-4-14-26-55)68-63-47-61(77-59-27-15-5-16-28-59)43-45-65(63)75(57-37-31-51(32-38-57)49-19-7-1-8-20-49)71(68)72-69(70)64-48-62(78-60-29-17-6-18-30-60)44-46-66(64)76(72)58-39-33-52(34-40-58)50-21-9-2-10-22-50/h1-48H. The molecule has 12 aromatic carbocycles. The number of hydrogen-bond acceptors (Lipinski definition) is 3. The lowest BCUT2D eigenvalue weighted by Crippen LogP contribution is -2.09. The highest BCUT2D eigenvalue weighted by atomic mass is 19.1. The SMILES string of the molecule is Fc1c(-c2ccc(N(c3ccccc3)c3ccccc3)cc2)c2c3cc(Oc4ccccc4)ccc3n(-c3ccc(-c4ccccc4)cc3)c2c2c1c1cc(Oc3ccccc3)ccc1n2-c1ccc(-c2ccccc2)cc1. The molecule has 6 heteroatoms. The number of rotatable bonds is 12. The van der Waals surface area contributed by atoms with Gasteiger partial charge in [-0.05, 0) is 149 Å². The first-order valence-electron chi connectivity index (χ1n) is 26.2. The quantitative estimate of drug-likeness (QED) is 0.122. The fraction of sp³-hybridized carbons (Fsp3) is 0. The summed E-state index contributed by atoms with van der Waals surface area (Å²) in [5, 5.41) is 2.78. The summed E-state index contributed by atoms with van der Waals surface area (Å²) in [4.78, 5) is 2.22. The van der Waals surface area contributed by atoms with E-state index < -0.39 is 0 Å². The molecule has 0 spiro atoms. The van der Waals surface area contributed by atoms with Crippen LogP contribution in [-0.4, -0.2) is 9.13 Å². The van der Waals surface area contributed by atoms with Crippen LogP contribution in [0.15, 0.2) is 291 Å². The molecule has 0 aliphatic heterocycles. The number of fused-ring (bicyclic) bond motifs is 7. The van der Waals surface area contributed by atoms with Crippen molar-refractivity contribution in [3.63, 3.8) is 0 Å². The summed E-state index contributed by atoms with van der Waals surface area (Å²) in [6.07, 6.45) is 0. The van der Waals surface area contributed by atoms with Crippen LogP contribution in [0.25, 0.3) is 88.4 Å². The third kappa shape index (κ3) is 8.29. The van der Waals surface area contributed by atoms with Crippen molar-refractivity contribution >= 4 is 60.7 Å². The fourth-order valence-corrected chi connectivity index (χ4v) is 11.1. The lowest BCUT2D eigenvalue weighted by molar-refractivity contribution is 0.483. The van der Waals surface area contributed by atoms with Crippen molar-refractivity contribution in [2.75, 3.05) is 4.90 Å². The van der Waals surface area contributed by atoms with Crippen molar-refractivity contribution in [2.24, 2.45) is 0 Å². The van der Waals surface area contributed by atoms with Crippen molar-refractivity contribution < 1.29 is 13.9 Å². The Balaban J connectivity index is 1.10. The maximum atomic E-state index is 19.5. The van der Waals surface area contributed by atoms with Crippen LogP contribution >= 0.6 is 0 Å². The molecule has 0 N–H and O–H groups in total. The van der Waals surface area contributed by atoms with E-state index in [1.165, 1.54) is 0 Å². The van der Waals surface area contributed by atoms with Gasteiger partial charge in [-0.15, -0.1) is 0 Å². The van der Waals surface area contributed by atoms with E-state index in [1.54, 1.807) is 0 Å². The predicted octanol–water partition coefficient (Wildman–Crippen LogP) is 20.1. The van der Waals surface area contributed by atoms with Crippen LogP contribution in [0.3, 0.4) is 0 Å². The van der Waals surface area contributed by atoms with Crippen molar-refractivity contribution in [1.29, 1.82) is 0 Å². The number of benzene rings is 12. The lowest BCUT2D eigenvalue weighted by Gasteiger charge is -2.25. The Morgan fingerprint density at radius 1 is 0.295 bits per heavy atom. The molecule has 0 aliphatic rings. The van der Waals surface area contributed by atoms with E-state index in [9.17, 15) is 0 Å². The third-order valence-corrected chi connectivity index (χ3v) is 14.7. The van der Waals surface area contributed by atoms with E-state index >= 15 is 4.39 Å². The normalized spacial score (nSPS) is 11.4. The van der Waals surface area contributed by atoms with Crippen molar-refractivity contribution in [1.82, 2.24) is 9.13 Å². The van der Waals surface area contributed by atoms with Gasteiger partial charge in [-0.2, -0.15) is 0 Å². The number of hydrogen-bond donors (Lipinski definition) is 0. The molecular formula is C72H48FN3O2. The van der Waals surface area contributed by atoms with Crippen molar-refractivity contribution in [3.05, 3.63) is 297 Å². The second-order valence-electron chi connectivity index (χ2n) is 19.4. The largest absolute Gasteiger partial charge is 0.457 e. The van der Waals surface area contributed by atoms with Gasteiger partial charge in [0.15, 0.2) is 0 Å². The number of aromatic nitrogens is 2. The molecule has 0 unspecified atom stereocenters. The van der Waals surface area contributed by atoms with E-state index in [1.807, 2.05) is 127 Å². The van der Waals surface area contributed by atoms with Crippen LogP contribution in [0, 0.1) is 5.82 Å². The van der Waals surface area contributed by atoms with Gasteiger partial charge in [0, 0.05) is 55.5 Å². The van der Waals surface area contributed by atoms with Crippen molar-refractivity contribution in [3.8, 4) is 67.8 Å². The van der Waals surface area contributed by atoms with Gasteiger partial charge in [-0.3, -0.25) is 0 Å². The first-order chi connectivity index (χ1) is 38.6. The molecule has 2 heterocycles. The van der Waals surface area contributed by atoms with Gasteiger partial charge >= 0.3 is 0 Å². The lowest BCUT2D eigenvalue weighted by atomic mass is 9.95. The second-order valence-corrected chi connectivity index (χ2v) is 19.4. The van der Waals surface area contributed by atoms with Gasteiger partial charge in [0.1, 0.15) is 28.8 Å². The number of para-hydroxylation sites is 4. The van der Waals surface area contributed by atoms with Gasteiger partial charge in [0.2, 0.25) is 0 Å². The van der Waals surface area contributed by atoms with Crippen LogP contribution in [0.5, 0.6) is 23.0 Å². The Hall–Kier alpha value is -10.4. The van der Waals surface area contributed by atoms with Gasteiger partial charge < -0.3 is 23.5 Å². The Labute approximate surface area is 451 Å². The Bertz CT molecular complexity index is 4390. The third-order valence-electron chi connectivity index (χ3n) is 14.7. The van der Waals surface area contributed by atoms with Gasteiger partial charge in [-0.25, -0.2) is 4.39 Å². The average Bonchev–Trinajstić information content (AvgIpc) is 4.08. The number of halogens is 1. The fourth-order valence-electron chi connectivity index (χ4n) is 11.1. The molecule has 0 aliphatic carbocycles. The zero-order valence-electron chi connectivity index (χ0n) is 42.2. The summed E-state index contributed by atoms with van der Waals surface area (Å²) in [7, 11) is 0. The average molecular weight is 1010 g/mol. The number of nitrogens with zero attached hydrogens (tertiary/aromatic N) is 3. The highest BCUT2D eigenvalue weighted by molar-refractivity contribution is 6.28. The minimum Gasteiger partial charge on any atom is -0.457 e.